The molecule has 3 aliphatic rings. The van der Waals surface area contributed by atoms with Gasteiger partial charge in [0.05, 0.1) is 5.92 Å². The number of nitrogens with one attached hydrogen (secondary N) is 2. The lowest BCUT2D eigenvalue weighted by molar-refractivity contribution is -0.127. The quantitative estimate of drug-likeness (QED) is 0.789. The van der Waals surface area contributed by atoms with E-state index in [1.807, 2.05) is 0 Å². The molecule has 3 fully saturated rings. The molecule has 0 atom stereocenters. The number of carbonyl (C=O) groups is 1. The molecule has 1 amide bonds. The second kappa shape index (κ2) is 6.22. The molecule has 0 aromatic rings. The van der Waals surface area contributed by atoms with Crippen molar-refractivity contribution in [1.29, 1.82) is 0 Å². The van der Waals surface area contributed by atoms with Crippen molar-refractivity contribution < 1.29 is 4.79 Å². The molecule has 0 bridgehead atoms. The van der Waals surface area contributed by atoms with Gasteiger partial charge in [0.25, 0.3) is 0 Å². The van der Waals surface area contributed by atoms with Gasteiger partial charge >= 0.3 is 0 Å². The zero-order valence-electron chi connectivity index (χ0n) is 10.9. The zero-order valence-corrected chi connectivity index (χ0v) is 11.7. The first kappa shape index (κ1) is 14.1. The fourth-order valence-electron chi connectivity index (χ4n) is 2.72. The van der Waals surface area contributed by atoms with Crippen molar-refractivity contribution >= 4 is 18.3 Å². The first-order valence-corrected chi connectivity index (χ1v) is 7.05. The van der Waals surface area contributed by atoms with E-state index < -0.39 is 0 Å². The number of carbonyl (C=O) groups excluding carboxylic acids is 1. The van der Waals surface area contributed by atoms with Crippen molar-refractivity contribution in [2.75, 3.05) is 32.7 Å². The summed E-state index contributed by atoms with van der Waals surface area (Å²) in [4.78, 5) is 14.4. The van der Waals surface area contributed by atoms with Gasteiger partial charge in [-0.3, -0.25) is 4.79 Å². The lowest BCUT2D eigenvalue weighted by Gasteiger charge is -2.34. The smallest absolute Gasteiger partial charge is 0.225 e. The van der Waals surface area contributed by atoms with Crippen LogP contribution in [0.2, 0.25) is 0 Å². The van der Waals surface area contributed by atoms with E-state index in [-0.39, 0.29) is 24.2 Å². The van der Waals surface area contributed by atoms with E-state index in [0.29, 0.717) is 6.04 Å². The van der Waals surface area contributed by atoms with Gasteiger partial charge in [-0.2, -0.15) is 0 Å². The van der Waals surface area contributed by atoms with Crippen LogP contribution in [0.25, 0.3) is 0 Å². The van der Waals surface area contributed by atoms with Gasteiger partial charge in [-0.05, 0) is 31.6 Å². The van der Waals surface area contributed by atoms with E-state index in [1.54, 1.807) is 0 Å². The first-order valence-electron chi connectivity index (χ1n) is 7.05. The van der Waals surface area contributed by atoms with Gasteiger partial charge in [0.2, 0.25) is 5.91 Å². The summed E-state index contributed by atoms with van der Waals surface area (Å²) in [5, 5.41) is 6.35. The SMILES string of the molecule is Cl.O=C(NC1CCN(CC2CC2)CC1)C1CNC1. The standard InChI is InChI=1S/C13H23N3O.ClH/c17-13(11-7-14-8-11)15-12-3-5-16(6-4-12)9-10-1-2-10;/h10-12,14H,1-9H2,(H,15,17);1H. The molecule has 4 nitrogen and oxygen atoms in total. The van der Waals surface area contributed by atoms with Crippen LogP contribution in [-0.2, 0) is 4.79 Å². The van der Waals surface area contributed by atoms with Crippen LogP contribution in [0.5, 0.6) is 0 Å². The third-order valence-electron chi connectivity index (χ3n) is 4.30. The van der Waals surface area contributed by atoms with Crippen molar-refractivity contribution in [1.82, 2.24) is 15.5 Å². The van der Waals surface area contributed by atoms with Gasteiger partial charge < -0.3 is 15.5 Å². The predicted molar refractivity (Wildman–Crippen MR) is 73.9 cm³/mol. The molecule has 2 aliphatic heterocycles. The van der Waals surface area contributed by atoms with Gasteiger partial charge in [-0.25, -0.2) is 0 Å². The molecule has 104 valence electrons. The van der Waals surface area contributed by atoms with Crippen LogP contribution in [-0.4, -0.2) is 49.6 Å². The summed E-state index contributed by atoms with van der Waals surface area (Å²) in [7, 11) is 0. The van der Waals surface area contributed by atoms with E-state index >= 15 is 0 Å². The first-order chi connectivity index (χ1) is 8.31. The van der Waals surface area contributed by atoms with Gasteiger partial charge in [0.15, 0.2) is 0 Å². The molecule has 18 heavy (non-hydrogen) atoms. The average molecular weight is 274 g/mol. The molecular weight excluding hydrogens is 250 g/mol. The van der Waals surface area contributed by atoms with Crippen molar-refractivity contribution in [3.8, 4) is 0 Å². The minimum Gasteiger partial charge on any atom is -0.353 e. The number of likely N-dealkylation sites (tertiary alicyclic amines) is 1. The maximum Gasteiger partial charge on any atom is 0.225 e. The normalized spacial score (nSPS) is 26.2. The molecule has 3 rings (SSSR count). The predicted octanol–water partition coefficient (Wildman–Crippen LogP) is 0.618. The maximum absolute atomic E-state index is 11.8. The number of nitrogens with zero attached hydrogens (tertiary/aromatic N) is 1. The van der Waals surface area contributed by atoms with Crippen molar-refractivity contribution in [3.05, 3.63) is 0 Å². The highest BCUT2D eigenvalue weighted by Crippen LogP contribution is 2.30. The largest absolute Gasteiger partial charge is 0.353 e. The topological polar surface area (TPSA) is 44.4 Å². The summed E-state index contributed by atoms with van der Waals surface area (Å²) in [6.45, 7) is 5.38. The van der Waals surface area contributed by atoms with Gasteiger partial charge in [0.1, 0.15) is 0 Å². The van der Waals surface area contributed by atoms with E-state index in [1.165, 1.54) is 32.5 Å². The molecule has 0 aromatic heterocycles. The Labute approximate surface area is 115 Å². The summed E-state index contributed by atoms with van der Waals surface area (Å²) in [6.07, 6.45) is 5.15. The Hall–Kier alpha value is -0.320. The Morgan fingerprint density at radius 2 is 1.83 bits per heavy atom. The summed E-state index contributed by atoms with van der Waals surface area (Å²) >= 11 is 0. The molecule has 1 saturated carbocycles. The summed E-state index contributed by atoms with van der Waals surface area (Å²) in [5.74, 6) is 1.49. The lowest BCUT2D eigenvalue weighted by Crippen LogP contribution is -2.54. The third-order valence-corrected chi connectivity index (χ3v) is 4.30. The minimum absolute atomic E-state index is 0. The van der Waals surface area contributed by atoms with E-state index in [9.17, 15) is 4.79 Å². The summed E-state index contributed by atoms with van der Waals surface area (Å²) in [6, 6.07) is 0.429. The Balaban J connectivity index is 0.00000120. The van der Waals surface area contributed by atoms with Crippen LogP contribution in [0.3, 0.4) is 0 Å². The highest BCUT2D eigenvalue weighted by molar-refractivity contribution is 5.85. The Morgan fingerprint density at radius 1 is 1.17 bits per heavy atom. The number of hydrogen-bond donors (Lipinski definition) is 2. The number of piperidine rings is 1. The maximum atomic E-state index is 11.8. The van der Waals surface area contributed by atoms with Crippen LogP contribution in [0.15, 0.2) is 0 Å². The Bertz CT molecular complexity index is 284. The van der Waals surface area contributed by atoms with E-state index in [0.717, 1.165) is 31.8 Å². The van der Waals surface area contributed by atoms with Crippen LogP contribution in [0, 0.1) is 11.8 Å². The Morgan fingerprint density at radius 3 is 2.33 bits per heavy atom. The number of amides is 1. The molecule has 0 spiro atoms. The molecular formula is C13H24ClN3O. The second-order valence-electron chi connectivity index (χ2n) is 5.88. The molecule has 2 saturated heterocycles. The summed E-state index contributed by atoms with van der Waals surface area (Å²) < 4.78 is 0. The lowest BCUT2D eigenvalue weighted by atomic mass is 9.99. The van der Waals surface area contributed by atoms with Crippen molar-refractivity contribution in [3.63, 3.8) is 0 Å². The fourth-order valence-corrected chi connectivity index (χ4v) is 2.72. The molecule has 2 N–H and O–H groups in total. The monoisotopic (exact) mass is 273 g/mol. The minimum atomic E-state index is 0. The van der Waals surface area contributed by atoms with E-state index in [4.69, 9.17) is 0 Å². The summed E-state index contributed by atoms with van der Waals surface area (Å²) in [5.41, 5.74) is 0. The molecule has 0 aromatic carbocycles. The molecule has 0 unspecified atom stereocenters. The van der Waals surface area contributed by atoms with Crippen LogP contribution >= 0.6 is 12.4 Å². The molecule has 1 aliphatic carbocycles. The number of halogens is 1. The highest BCUT2D eigenvalue weighted by Gasteiger charge is 2.30. The van der Waals surface area contributed by atoms with Gasteiger partial charge in [-0.1, -0.05) is 0 Å². The van der Waals surface area contributed by atoms with E-state index in [2.05, 4.69) is 15.5 Å². The molecule has 2 heterocycles. The van der Waals surface area contributed by atoms with Crippen molar-refractivity contribution in [2.24, 2.45) is 11.8 Å². The zero-order chi connectivity index (χ0) is 11.7. The molecule has 0 radical (unpaired) electrons. The van der Waals surface area contributed by atoms with Crippen LogP contribution < -0.4 is 10.6 Å². The third kappa shape index (κ3) is 3.59. The van der Waals surface area contributed by atoms with Crippen LogP contribution in [0.4, 0.5) is 0 Å². The van der Waals surface area contributed by atoms with Crippen LogP contribution in [0.1, 0.15) is 25.7 Å². The molecule has 5 heteroatoms. The number of hydrogen-bond acceptors (Lipinski definition) is 3. The second-order valence-corrected chi connectivity index (χ2v) is 5.88. The highest BCUT2D eigenvalue weighted by atomic mass is 35.5. The van der Waals surface area contributed by atoms with Gasteiger partial charge in [-0.15, -0.1) is 12.4 Å². The van der Waals surface area contributed by atoms with Crippen molar-refractivity contribution in [2.45, 2.75) is 31.7 Å². The van der Waals surface area contributed by atoms with Gasteiger partial charge in [0, 0.05) is 38.8 Å². The fraction of sp³-hybridized carbons (Fsp3) is 0.923. The average Bonchev–Trinajstić information content (AvgIpc) is 3.02. The Kier molecular flexibility index (Phi) is 4.87. The number of rotatable bonds is 4.